The van der Waals surface area contributed by atoms with Crippen LogP contribution in [0.2, 0.25) is 5.02 Å². The second-order valence-electron chi connectivity index (χ2n) is 5.52. The smallest absolute Gasteiger partial charge is 0.220 e. The van der Waals surface area contributed by atoms with Crippen LogP contribution in [0.1, 0.15) is 26.3 Å². The van der Waals surface area contributed by atoms with Crippen molar-refractivity contribution in [2.24, 2.45) is 0 Å². The fourth-order valence-electron chi connectivity index (χ4n) is 3.05. The van der Waals surface area contributed by atoms with Gasteiger partial charge in [0.25, 0.3) is 0 Å². The van der Waals surface area contributed by atoms with Crippen LogP contribution in [0, 0.1) is 6.92 Å². The van der Waals surface area contributed by atoms with Gasteiger partial charge < -0.3 is 9.80 Å². The quantitative estimate of drug-likeness (QED) is 0.789. The van der Waals surface area contributed by atoms with E-state index < -0.39 is 0 Å². The fraction of sp³-hybridized carbons (Fsp3) is 0.533. The Balaban J connectivity index is 2.22. The first-order chi connectivity index (χ1) is 8.88. The standard InChI is InChI=1S/C15H21ClN2O/c1-10-5-14(16)7-15(6-10)17-8-11(2)18(13(4)19)12(3)9-17/h5-7,11-12H,8-9H2,1-4H3/t11-,12+. The Morgan fingerprint density at radius 1 is 1.21 bits per heavy atom. The Morgan fingerprint density at radius 3 is 2.26 bits per heavy atom. The molecule has 1 amide bonds. The number of hydrogen-bond donors (Lipinski definition) is 0. The first-order valence-corrected chi connectivity index (χ1v) is 7.07. The summed E-state index contributed by atoms with van der Waals surface area (Å²) in [4.78, 5) is 15.9. The highest BCUT2D eigenvalue weighted by Crippen LogP contribution is 2.26. The van der Waals surface area contributed by atoms with Crippen LogP contribution in [0.15, 0.2) is 18.2 Å². The van der Waals surface area contributed by atoms with E-state index in [1.165, 1.54) is 0 Å². The molecule has 0 saturated carbocycles. The van der Waals surface area contributed by atoms with Gasteiger partial charge in [-0.1, -0.05) is 11.6 Å². The lowest BCUT2D eigenvalue weighted by Gasteiger charge is -2.45. The van der Waals surface area contributed by atoms with Gasteiger partial charge in [-0.2, -0.15) is 0 Å². The molecule has 2 rings (SSSR count). The fourth-order valence-corrected chi connectivity index (χ4v) is 3.34. The third-order valence-electron chi connectivity index (χ3n) is 3.67. The van der Waals surface area contributed by atoms with Crippen molar-refractivity contribution in [1.29, 1.82) is 0 Å². The molecule has 1 saturated heterocycles. The molecule has 1 aromatic rings. The molecule has 0 N–H and O–H groups in total. The van der Waals surface area contributed by atoms with E-state index >= 15 is 0 Å². The number of benzene rings is 1. The second-order valence-corrected chi connectivity index (χ2v) is 5.95. The van der Waals surface area contributed by atoms with Gasteiger partial charge in [-0.25, -0.2) is 0 Å². The Hall–Kier alpha value is -1.22. The van der Waals surface area contributed by atoms with E-state index in [1.54, 1.807) is 6.92 Å². The molecular weight excluding hydrogens is 260 g/mol. The van der Waals surface area contributed by atoms with Gasteiger partial charge in [0.05, 0.1) is 0 Å². The average molecular weight is 281 g/mol. The number of piperazine rings is 1. The van der Waals surface area contributed by atoms with Crippen molar-refractivity contribution in [3.8, 4) is 0 Å². The van der Waals surface area contributed by atoms with E-state index in [1.807, 2.05) is 24.0 Å². The molecule has 19 heavy (non-hydrogen) atoms. The van der Waals surface area contributed by atoms with Gasteiger partial charge in [0, 0.05) is 42.8 Å². The van der Waals surface area contributed by atoms with Crippen LogP contribution in [0.3, 0.4) is 0 Å². The molecular formula is C15H21ClN2O. The molecule has 4 heteroatoms. The summed E-state index contributed by atoms with van der Waals surface area (Å²) in [5.74, 6) is 0.155. The summed E-state index contributed by atoms with van der Waals surface area (Å²) < 4.78 is 0. The average Bonchev–Trinajstić information content (AvgIpc) is 2.25. The number of carbonyl (C=O) groups is 1. The number of amides is 1. The van der Waals surface area contributed by atoms with Gasteiger partial charge >= 0.3 is 0 Å². The summed E-state index contributed by atoms with van der Waals surface area (Å²) in [6.45, 7) is 9.59. The third kappa shape index (κ3) is 3.03. The topological polar surface area (TPSA) is 23.6 Å². The van der Waals surface area contributed by atoms with Gasteiger partial charge in [0.1, 0.15) is 0 Å². The van der Waals surface area contributed by atoms with Crippen LogP contribution in [0.4, 0.5) is 5.69 Å². The largest absolute Gasteiger partial charge is 0.367 e. The number of hydrogen-bond acceptors (Lipinski definition) is 2. The number of nitrogens with zero attached hydrogens (tertiary/aromatic N) is 2. The van der Waals surface area contributed by atoms with Crippen molar-refractivity contribution in [3.05, 3.63) is 28.8 Å². The summed E-state index contributed by atoms with van der Waals surface area (Å²) in [6.07, 6.45) is 0. The Morgan fingerprint density at radius 2 is 1.79 bits per heavy atom. The molecule has 3 nitrogen and oxygen atoms in total. The normalized spacial score (nSPS) is 23.6. The molecule has 0 bridgehead atoms. The molecule has 2 atom stereocenters. The van der Waals surface area contributed by atoms with E-state index in [2.05, 4.69) is 24.8 Å². The Labute approximate surface area is 120 Å². The zero-order valence-electron chi connectivity index (χ0n) is 12.0. The van der Waals surface area contributed by atoms with Crippen molar-refractivity contribution in [3.63, 3.8) is 0 Å². The van der Waals surface area contributed by atoms with Crippen LogP contribution in [0.25, 0.3) is 0 Å². The van der Waals surface area contributed by atoms with Crippen molar-refractivity contribution >= 4 is 23.2 Å². The Bertz CT molecular complexity index is 457. The monoisotopic (exact) mass is 280 g/mol. The van der Waals surface area contributed by atoms with Crippen LogP contribution >= 0.6 is 11.6 Å². The third-order valence-corrected chi connectivity index (χ3v) is 3.89. The summed E-state index contributed by atoms with van der Waals surface area (Å²) in [5.41, 5.74) is 2.31. The van der Waals surface area contributed by atoms with Gasteiger partial charge in [-0.3, -0.25) is 4.79 Å². The SMILES string of the molecule is CC(=O)N1[C@H](C)CN(c2cc(C)cc(Cl)c2)C[C@@H]1C. The van der Waals surface area contributed by atoms with Crippen LogP contribution in [0.5, 0.6) is 0 Å². The van der Waals surface area contributed by atoms with Crippen LogP contribution < -0.4 is 4.90 Å². The highest BCUT2D eigenvalue weighted by molar-refractivity contribution is 6.30. The van der Waals surface area contributed by atoms with Crippen molar-refractivity contribution in [1.82, 2.24) is 4.90 Å². The Kier molecular flexibility index (Phi) is 4.04. The van der Waals surface area contributed by atoms with Crippen molar-refractivity contribution in [2.75, 3.05) is 18.0 Å². The molecule has 0 unspecified atom stereocenters. The van der Waals surface area contributed by atoms with E-state index in [-0.39, 0.29) is 18.0 Å². The zero-order chi connectivity index (χ0) is 14.2. The lowest BCUT2D eigenvalue weighted by molar-refractivity contribution is -0.133. The molecule has 1 aliphatic rings. The van der Waals surface area contributed by atoms with Gasteiger partial charge in [0.2, 0.25) is 5.91 Å². The maximum atomic E-state index is 11.7. The van der Waals surface area contributed by atoms with Gasteiger partial charge in [-0.15, -0.1) is 0 Å². The number of rotatable bonds is 1. The first kappa shape index (κ1) is 14.2. The summed E-state index contributed by atoms with van der Waals surface area (Å²) >= 11 is 6.13. The van der Waals surface area contributed by atoms with E-state index in [9.17, 15) is 4.79 Å². The maximum Gasteiger partial charge on any atom is 0.220 e. The molecule has 0 radical (unpaired) electrons. The predicted molar refractivity (Wildman–Crippen MR) is 79.8 cm³/mol. The molecule has 0 spiro atoms. The predicted octanol–water partition coefficient (Wildman–Crippen LogP) is 3.09. The minimum atomic E-state index is 0.155. The lowest BCUT2D eigenvalue weighted by atomic mass is 10.1. The van der Waals surface area contributed by atoms with Crippen LogP contribution in [-0.2, 0) is 4.79 Å². The van der Waals surface area contributed by atoms with E-state index in [4.69, 9.17) is 11.6 Å². The minimum absolute atomic E-state index is 0.155. The zero-order valence-corrected chi connectivity index (χ0v) is 12.7. The summed E-state index contributed by atoms with van der Waals surface area (Å²) in [5, 5.41) is 0.768. The molecule has 0 aliphatic carbocycles. The molecule has 104 valence electrons. The molecule has 1 aliphatic heterocycles. The van der Waals surface area contributed by atoms with Gasteiger partial charge in [-0.05, 0) is 44.5 Å². The van der Waals surface area contributed by atoms with Crippen molar-refractivity contribution in [2.45, 2.75) is 39.8 Å². The van der Waals surface area contributed by atoms with E-state index in [0.717, 1.165) is 29.4 Å². The lowest BCUT2D eigenvalue weighted by Crippen LogP contribution is -2.58. The number of carbonyl (C=O) groups excluding carboxylic acids is 1. The van der Waals surface area contributed by atoms with Crippen LogP contribution in [-0.4, -0.2) is 36.0 Å². The molecule has 0 aromatic heterocycles. The molecule has 1 aromatic carbocycles. The maximum absolute atomic E-state index is 11.7. The molecule has 1 fully saturated rings. The summed E-state index contributed by atoms with van der Waals surface area (Å²) in [7, 11) is 0. The number of halogens is 1. The highest BCUT2D eigenvalue weighted by Gasteiger charge is 2.31. The second kappa shape index (κ2) is 5.41. The first-order valence-electron chi connectivity index (χ1n) is 6.69. The highest BCUT2D eigenvalue weighted by atomic mass is 35.5. The number of anilines is 1. The molecule has 1 heterocycles. The van der Waals surface area contributed by atoms with Gasteiger partial charge in [0.15, 0.2) is 0 Å². The summed E-state index contributed by atoms with van der Waals surface area (Å²) in [6, 6.07) is 6.55. The van der Waals surface area contributed by atoms with Crippen molar-refractivity contribution < 1.29 is 4.79 Å². The minimum Gasteiger partial charge on any atom is -0.367 e. The van der Waals surface area contributed by atoms with E-state index in [0.29, 0.717) is 0 Å². The number of aryl methyl sites for hydroxylation is 1.